The molecule has 3 heterocycles. The number of fused-ring (bicyclic) bond motifs is 1. The van der Waals surface area contributed by atoms with E-state index in [2.05, 4.69) is 20.0 Å². The van der Waals surface area contributed by atoms with E-state index in [4.69, 9.17) is 4.98 Å². The fourth-order valence-corrected chi connectivity index (χ4v) is 5.91. The second-order valence-corrected chi connectivity index (χ2v) is 11.2. The quantitative estimate of drug-likeness (QED) is 0.294. The van der Waals surface area contributed by atoms with Gasteiger partial charge in [-0.3, -0.25) is 14.9 Å². The van der Waals surface area contributed by atoms with E-state index < -0.39 is 18.0 Å². The van der Waals surface area contributed by atoms with Crippen LogP contribution in [0.1, 0.15) is 55.8 Å². The zero-order valence-electron chi connectivity index (χ0n) is 22.2. The molecule has 0 saturated carbocycles. The van der Waals surface area contributed by atoms with Crippen LogP contribution in [0.2, 0.25) is 0 Å². The number of aromatic amines is 1. The molecule has 1 aliphatic rings. The highest BCUT2D eigenvalue weighted by atomic mass is 32.1. The minimum Gasteiger partial charge on any atom is -0.405 e. The molecule has 2 amide bonds. The number of thiazole rings is 1. The Labute approximate surface area is 232 Å². The number of halogens is 3. The summed E-state index contributed by atoms with van der Waals surface area (Å²) in [6.07, 6.45) is -3.55. The van der Waals surface area contributed by atoms with Crippen molar-refractivity contribution < 1.29 is 27.5 Å². The number of ether oxygens (including phenoxy) is 1. The van der Waals surface area contributed by atoms with Crippen LogP contribution in [-0.4, -0.2) is 51.1 Å². The molecule has 0 atom stereocenters. The van der Waals surface area contributed by atoms with Gasteiger partial charge >= 0.3 is 6.36 Å². The first-order chi connectivity index (χ1) is 19.0. The van der Waals surface area contributed by atoms with Crippen molar-refractivity contribution in [3.63, 3.8) is 0 Å². The van der Waals surface area contributed by atoms with Crippen molar-refractivity contribution in [2.24, 2.45) is 0 Å². The van der Waals surface area contributed by atoms with Crippen molar-refractivity contribution in [1.29, 1.82) is 0 Å². The lowest BCUT2D eigenvalue weighted by Gasteiger charge is -2.31. The van der Waals surface area contributed by atoms with E-state index in [9.17, 15) is 22.8 Å². The van der Waals surface area contributed by atoms with E-state index >= 15 is 0 Å². The van der Waals surface area contributed by atoms with E-state index in [0.717, 1.165) is 38.1 Å². The zero-order valence-corrected chi connectivity index (χ0v) is 23.0. The molecule has 40 heavy (non-hydrogen) atoms. The highest BCUT2D eigenvalue weighted by Gasteiger charge is 2.34. The third kappa shape index (κ3) is 6.11. The topological polar surface area (TPSA) is 100 Å². The Morgan fingerprint density at radius 3 is 2.52 bits per heavy atom. The molecule has 5 rings (SSSR count). The molecular formula is C28H28F3N5O3S. The molecule has 0 bridgehead atoms. The van der Waals surface area contributed by atoms with Crippen LogP contribution in [0.15, 0.2) is 36.4 Å². The molecule has 4 aromatic rings. The number of benzene rings is 2. The predicted molar refractivity (Wildman–Crippen MR) is 146 cm³/mol. The first-order valence-corrected chi connectivity index (χ1v) is 13.7. The van der Waals surface area contributed by atoms with Gasteiger partial charge in [-0.2, -0.15) is 0 Å². The summed E-state index contributed by atoms with van der Waals surface area (Å²) in [5, 5.41) is 3.71. The first kappa shape index (κ1) is 27.6. The Balaban J connectivity index is 1.19. The van der Waals surface area contributed by atoms with Gasteiger partial charge in [0, 0.05) is 23.9 Å². The number of H-pyrrole nitrogens is 1. The summed E-state index contributed by atoms with van der Waals surface area (Å²) < 4.78 is 42.4. The van der Waals surface area contributed by atoms with E-state index in [1.807, 2.05) is 32.9 Å². The van der Waals surface area contributed by atoms with Crippen molar-refractivity contribution in [2.45, 2.75) is 52.3 Å². The number of alkyl halides is 3. The highest BCUT2D eigenvalue weighted by molar-refractivity contribution is 7.11. The monoisotopic (exact) mass is 571 g/mol. The van der Waals surface area contributed by atoms with Crippen molar-refractivity contribution >= 4 is 40.1 Å². The lowest BCUT2D eigenvalue weighted by Crippen LogP contribution is -2.38. The molecule has 12 heteroatoms. The summed E-state index contributed by atoms with van der Waals surface area (Å²) in [7, 11) is 0. The molecule has 0 radical (unpaired) electrons. The number of carbonyl (C=O) groups is 2. The van der Waals surface area contributed by atoms with Crippen LogP contribution in [0.25, 0.3) is 11.0 Å². The molecular weight excluding hydrogens is 543 g/mol. The fourth-order valence-electron chi connectivity index (χ4n) is 4.80. The smallest absolute Gasteiger partial charge is 0.405 e. The van der Waals surface area contributed by atoms with Gasteiger partial charge in [-0.1, -0.05) is 12.1 Å². The molecule has 1 fully saturated rings. The number of anilines is 1. The van der Waals surface area contributed by atoms with Gasteiger partial charge < -0.3 is 14.6 Å². The number of carbonyl (C=O) groups excluding carboxylic acids is 2. The van der Waals surface area contributed by atoms with Gasteiger partial charge in [-0.15, -0.1) is 24.5 Å². The van der Waals surface area contributed by atoms with E-state index in [-0.39, 0.29) is 23.8 Å². The maximum absolute atomic E-state index is 13.0. The Kier molecular flexibility index (Phi) is 7.54. The number of aryl methyl sites for hydroxylation is 3. The maximum atomic E-state index is 13.0. The lowest BCUT2D eigenvalue weighted by molar-refractivity contribution is -0.274. The first-order valence-electron chi connectivity index (χ1n) is 12.8. The maximum Gasteiger partial charge on any atom is 0.573 e. The van der Waals surface area contributed by atoms with Crippen molar-refractivity contribution in [3.05, 3.63) is 68.7 Å². The number of hydrogen-bond donors (Lipinski definition) is 2. The number of likely N-dealkylation sites (tertiary alicyclic amines) is 1. The van der Waals surface area contributed by atoms with E-state index in [1.54, 1.807) is 4.90 Å². The number of imidazole rings is 1. The van der Waals surface area contributed by atoms with Crippen LogP contribution < -0.4 is 10.1 Å². The summed E-state index contributed by atoms with van der Waals surface area (Å²) in [6, 6.07) is 9.35. The molecule has 0 unspecified atom stereocenters. The fraction of sp³-hybridized carbons (Fsp3) is 0.357. The average molecular weight is 572 g/mol. The molecule has 0 aliphatic carbocycles. The second-order valence-electron chi connectivity index (χ2n) is 9.93. The number of aromatic nitrogens is 3. The third-order valence-corrected chi connectivity index (χ3v) is 8.24. The van der Waals surface area contributed by atoms with Crippen molar-refractivity contribution in [3.8, 4) is 5.75 Å². The van der Waals surface area contributed by atoms with Gasteiger partial charge in [0.05, 0.1) is 33.7 Å². The molecule has 0 spiro atoms. The van der Waals surface area contributed by atoms with Crippen LogP contribution in [-0.2, 0) is 11.2 Å². The molecule has 1 aliphatic heterocycles. The van der Waals surface area contributed by atoms with Crippen LogP contribution in [0.3, 0.4) is 0 Å². The number of piperidine rings is 1. The normalized spacial score (nSPS) is 14.5. The largest absolute Gasteiger partial charge is 0.573 e. The Bertz CT molecular complexity index is 1530. The van der Waals surface area contributed by atoms with Gasteiger partial charge in [0.1, 0.15) is 5.75 Å². The second kappa shape index (κ2) is 10.9. The number of rotatable bonds is 6. The molecule has 210 valence electrons. The zero-order chi connectivity index (χ0) is 28.6. The summed E-state index contributed by atoms with van der Waals surface area (Å²) in [5.74, 6) is -0.756. The van der Waals surface area contributed by atoms with E-state index in [1.165, 1.54) is 29.5 Å². The van der Waals surface area contributed by atoms with Crippen molar-refractivity contribution in [1.82, 2.24) is 19.9 Å². The highest BCUT2D eigenvalue weighted by Crippen LogP contribution is 2.34. The lowest BCUT2D eigenvalue weighted by atomic mass is 9.97. The van der Waals surface area contributed by atoms with Gasteiger partial charge in [0.25, 0.3) is 5.91 Å². The number of para-hydroxylation sites is 1. The van der Waals surface area contributed by atoms with Crippen LogP contribution in [0.5, 0.6) is 5.75 Å². The average Bonchev–Trinajstić information content (AvgIpc) is 3.45. The summed E-state index contributed by atoms with van der Waals surface area (Å²) in [4.78, 5) is 40.6. The van der Waals surface area contributed by atoms with Crippen LogP contribution >= 0.6 is 11.3 Å². The van der Waals surface area contributed by atoms with Crippen LogP contribution in [0, 0.1) is 20.8 Å². The Hall–Kier alpha value is -3.93. The molecule has 2 N–H and O–H groups in total. The molecule has 2 aromatic carbocycles. The number of nitrogens with zero attached hydrogens (tertiary/aromatic N) is 3. The van der Waals surface area contributed by atoms with Gasteiger partial charge in [0.2, 0.25) is 11.9 Å². The number of nitrogens with one attached hydrogen (secondary N) is 2. The van der Waals surface area contributed by atoms with Gasteiger partial charge in [-0.05, 0) is 69.0 Å². The number of amides is 2. The summed E-state index contributed by atoms with van der Waals surface area (Å²) >= 11 is 1.53. The minimum atomic E-state index is -4.88. The van der Waals surface area contributed by atoms with Gasteiger partial charge in [0.15, 0.2) is 0 Å². The molecule has 1 saturated heterocycles. The Morgan fingerprint density at radius 2 is 1.80 bits per heavy atom. The van der Waals surface area contributed by atoms with Crippen molar-refractivity contribution in [2.75, 3.05) is 18.4 Å². The molecule has 2 aromatic heterocycles. The predicted octanol–water partition coefficient (Wildman–Crippen LogP) is 6.04. The Morgan fingerprint density at radius 1 is 1.10 bits per heavy atom. The molecule has 8 nitrogen and oxygen atoms in total. The third-order valence-electron chi connectivity index (χ3n) is 7.07. The summed E-state index contributed by atoms with van der Waals surface area (Å²) in [5.41, 5.74) is 4.47. The number of hydrogen-bond acceptors (Lipinski definition) is 6. The van der Waals surface area contributed by atoms with Crippen LogP contribution in [0.4, 0.5) is 19.1 Å². The van der Waals surface area contributed by atoms with Gasteiger partial charge in [-0.25, -0.2) is 9.97 Å². The summed E-state index contributed by atoms with van der Waals surface area (Å²) in [6.45, 7) is 6.71. The SMILES string of the molecule is Cc1cc2nc(NC(=O)Cc3nc(C4CCN(C(=O)c5ccccc5OC(F)(F)F)CC4)sc3C)[nH]c2cc1C. The standard InChI is InChI=1S/C28H28F3N5O3S/c1-15-12-21-22(13-16(15)2)34-27(33-21)35-24(37)14-20-17(3)40-25(32-20)18-8-10-36(11-9-18)26(38)19-6-4-5-7-23(19)39-28(29,30)31/h4-7,12-13,18H,8-11,14H2,1-3H3,(H2,33,34,35,37). The minimum absolute atomic E-state index is 0.0908. The van der Waals surface area contributed by atoms with E-state index in [0.29, 0.717) is 37.6 Å².